The third-order valence-electron chi connectivity index (χ3n) is 4.08. The second-order valence-electron chi connectivity index (χ2n) is 5.73. The Bertz CT molecular complexity index is 986. The van der Waals surface area contributed by atoms with Crippen LogP contribution in [0.25, 0.3) is 28.2 Å². The second kappa shape index (κ2) is 5.81. The van der Waals surface area contributed by atoms with Crippen LogP contribution in [0.4, 0.5) is 0 Å². The molecule has 2 aromatic carbocycles. The van der Waals surface area contributed by atoms with Gasteiger partial charge in [0.1, 0.15) is 11.4 Å². The van der Waals surface area contributed by atoms with Crippen LogP contribution >= 0.6 is 0 Å². The van der Waals surface area contributed by atoms with E-state index in [4.69, 9.17) is 9.72 Å². The molecule has 0 spiro atoms. The van der Waals surface area contributed by atoms with Crippen LogP contribution < -0.4 is 4.74 Å². The third kappa shape index (κ3) is 2.52. The lowest BCUT2D eigenvalue weighted by Gasteiger charge is -2.09. The summed E-state index contributed by atoms with van der Waals surface area (Å²) in [4.78, 5) is 9.33. The highest BCUT2D eigenvalue weighted by molar-refractivity contribution is 5.76. The van der Waals surface area contributed by atoms with Gasteiger partial charge in [-0.1, -0.05) is 29.8 Å². The maximum Gasteiger partial charge on any atom is 0.163 e. The molecule has 0 fully saturated rings. The summed E-state index contributed by atoms with van der Waals surface area (Å²) in [5.41, 5.74) is 5.97. The molecule has 0 saturated carbocycles. The van der Waals surface area contributed by atoms with Crippen molar-refractivity contribution in [1.29, 1.82) is 0 Å². The van der Waals surface area contributed by atoms with Crippen LogP contribution in [-0.2, 0) is 0 Å². The smallest absolute Gasteiger partial charge is 0.163 e. The van der Waals surface area contributed by atoms with E-state index < -0.39 is 0 Å². The quantitative estimate of drug-likeness (QED) is 0.563. The number of hydrogen-bond acceptors (Lipinski definition) is 3. The van der Waals surface area contributed by atoms with Crippen molar-refractivity contribution >= 4 is 5.65 Å². The maximum atomic E-state index is 5.23. The number of aryl methyl sites for hydroxylation is 1. The van der Waals surface area contributed by atoms with Crippen molar-refractivity contribution in [3.05, 3.63) is 72.7 Å². The normalized spacial score (nSPS) is 10.9. The number of fused-ring (bicyclic) bond motifs is 1. The summed E-state index contributed by atoms with van der Waals surface area (Å²) in [7, 11) is 1.67. The van der Waals surface area contributed by atoms with Gasteiger partial charge in [-0.15, -0.1) is 0 Å². The Labute approximate surface area is 140 Å². The number of rotatable bonds is 3. The Balaban J connectivity index is 1.89. The van der Waals surface area contributed by atoms with E-state index in [1.54, 1.807) is 13.3 Å². The van der Waals surface area contributed by atoms with Gasteiger partial charge in [-0.2, -0.15) is 0 Å². The van der Waals surface area contributed by atoms with Crippen molar-refractivity contribution in [2.24, 2.45) is 0 Å². The molecule has 24 heavy (non-hydrogen) atoms. The lowest BCUT2D eigenvalue weighted by atomic mass is 10.1. The molecular weight excluding hydrogens is 298 g/mol. The molecule has 0 aliphatic carbocycles. The number of ether oxygens (including phenoxy) is 1. The van der Waals surface area contributed by atoms with Crippen molar-refractivity contribution in [2.45, 2.75) is 6.92 Å². The van der Waals surface area contributed by atoms with Crippen molar-refractivity contribution in [1.82, 2.24) is 14.4 Å². The summed E-state index contributed by atoms with van der Waals surface area (Å²) in [6.45, 7) is 2.08. The highest BCUT2D eigenvalue weighted by atomic mass is 16.5. The van der Waals surface area contributed by atoms with Crippen LogP contribution in [0.2, 0.25) is 0 Å². The van der Waals surface area contributed by atoms with E-state index >= 15 is 0 Å². The molecule has 4 heteroatoms. The molecule has 4 nitrogen and oxygen atoms in total. The summed E-state index contributed by atoms with van der Waals surface area (Å²) in [6.07, 6.45) is 5.75. The van der Waals surface area contributed by atoms with E-state index in [0.717, 1.165) is 33.9 Å². The largest absolute Gasteiger partial charge is 0.497 e. The minimum absolute atomic E-state index is 0.834. The minimum atomic E-state index is 0.834. The zero-order chi connectivity index (χ0) is 16.5. The molecule has 0 amide bonds. The molecule has 0 unspecified atom stereocenters. The van der Waals surface area contributed by atoms with Gasteiger partial charge in [0.05, 0.1) is 12.8 Å². The molecule has 0 bridgehead atoms. The summed E-state index contributed by atoms with van der Waals surface area (Å²) < 4.78 is 7.25. The topological polar surface area (TPSA) is 39.4 Å². The second-order valence-corrected chi connectivity index (χ2v) is 5.73. The number of benzene rings is 2. The number of nitrogens with zero attached hydrogens (tertiary/aromatic N) is 3. The average molecular weight is 315 g/mol. The number of hydrogen-bond donors (Lipinski definition) is 0. The van der Waals surface area contributed by atoms with Gasteiger partial charge in [0.2, 0.25) is 0 Å². The fourth-order valence-corrected chi connectivity index (χ4v) is 2.74. The summed E-state index contributed by atoms with van der Waals surface area (Å²) in [5, 5.41) is 0. The molecule has 118 valence electrons. The minimum Gasteiger partial charge on any atom is -0.497 e. The number of aromatic nitrogens is 3. The van der Waals surface area contributed by atoms with Crippen LogP contribution in [0.15, 0.2) is 67.1 Å². The molecule has 0 aliphatic rings. The molecule has 0 atom stereocenters. The van der Waals surface area contributed by atoms with Gasteiger partial charge in [0, 0.05) is 29.7 Å². The Kier molecular flexibility index (Phi) is 3.50. The molecular formula is C20H17N3O. The van der Waals surface area contributed by atoms with Crippen molar-refractivity contribution in [3.8, 4) is 28.3 Å². The lowest BCUT2D eigenvalue weighted by Crippen LogP contribution is -1.96. The fourth-order valence-electron chi connectivity index (χ4n) is 2.74. The van der Waals surface area contributed by atoms with Gasteiger partial charge in [0.15, 0.2) is 5.65 Å². The Morgan fingerprint density at radius 1 is 0.917 bits per heavy atom. The first kappa shape index (κ1) is 14.5. The van der Waals surface area contributed by atoms with Crippen molar-refractivity contribution < 1.29 is 4.74 Å². The first-order chi connectivity index (χ1) is 11.7. The molecule has 0 saturated heterocycles. The van der Waals surface area contributed by atoms with Gasteiger partial charge in [-0.25, -0.2) is 9.97 Å². The zero-order valence-electron chi connectivity index (χ0n) is 13.6. The van der Waals surface area contributed by atoms with Gasteiger partial charge in [0.25, 0.3) is 0 Å². The van der Waals surface area contributed by atoms with Gasteiger partial charge >= 0.3 is 0 Å². The van der Waals surface area contributed by atoms with Crippen molar-refractivity contribution in [3.63, 3.8) is 0 Å². The standard InChI is InChI=1S/C20H17N3O/c1-14-3-5-16(6-4-14)19-20-21-11-12-23(20)13-18(22-19)15-7-9-17(24-2)10-8-15/h3-13H,1-2H3. The Morgan fingerprint density at radius 2 is 1.62 bits per heavy atom. The molecule has 4 aromatic rings. The molecule has 4 rings (SSSR count). The first-order valence-corrected chi connectivity index (χ1v) is 7.80. The number of methoxy groups -OCH3 is 1. The van der Waals surface area contributed by atoms with E-state index in [-0.39, 0.29) is 0 Å². The van der Waals surface area contributed by atoms with Gasteiger partial charge in [-0.05, 0) is 31.2 Å². The van der Waals surface area contributed by atoms with Crippen LogP contribution in [-0.4, -0.2) is 21.5 Å². The van der Waals surface area contributed by atoms with E-state index in [1.165, 1.54) is 5.56 Å². The SMILES string of the molecule is COc1ccc(-c2cn3ccnc3c(-c3ccc(C)cc3)n2)cc1. The zero-order valence-corrected chi connectivity index (χ0v) is 13.6. The highest BCUT2D eigenvalue weighted by Gasteiger charge is 2.11. The monoisotopic (exact) mass is 315 g/mol. The van der Waals surface area contributed by atoms with Crippen LogP contribution in [0, 0.1) is 6.92 Å². The summed E-state index contributed by atoms with van der Waals surface area (Å²) in [5.74, 6) is 0.834. The number of imidazole rings is 1. The first-order valence-electron chi connectivity index (χ1n) is 7.80. The van der Waals surface area contributed by atoms with E-state index in [2.05, 4.69) is 36.2 Å². The van der Waals surface area contributed by atoms with E-state index in [9.17, 15) is 0 Å². The average Bonchev–Trinajstić information content (AvgIpc) is 3.10. The van der Waals surface area contributed by atoms with Crippen LogP contribution in [0.3, 0.4) is 0 Å². The third-order valence-corrected chi connectivity index (χ3v) is 4.08. The molecule has 0 aliphatic heterocycles. The van der Waals surface area contributed by atoms with Crippen molar-refractivity contribution in [2.75, 3.05) is 7.11 Å². The lowest BCUT2D eigenvalue weighted by molar-refractivity contribution is 0.415. The van der Waals surface area contributed by atoms with E-state index in [1.807, 2.05) is 41.1 Å². The predicted octanol–water partition coefficient (Wildman–Crippen LogP) is 4.38. The van der Waals surface area contributed by atoms with Gasteiger partial charge < -0.3 is 9.14 Å². The van der Waals surface area contributed by atoms with E-state index in [0.29, 0.717) is 0 Å². The van der Waals surface area contributed by atoms with Crippen LogP contribution in [0.1, 0.15) is 5.56 Å². The molecule has 0 radical (unpaired) electrons. The van der Waals surface area contributed by atoms with Gasteiger partial charge in [-0.3, -0.25) is 0 Å². The van der Waals surface area contributed by atoms with Crippen LogP contribution in [0.5, 0.6) is 5.75 Å². The molecule has 2 aromatic heterocycles. The molecule has 0 N–H and O–H groups in total. The fraction of sp³-hybridized carbons (Fsp3) is 0.100. The summed E-state index contributed by atoms with van der Waals surface area (Å²) >= 11 is 0. The Hall–Kier alpha value is -3.14. The maximum absolute atomic E-state index is 5.23. The summed E-state index contributed by atoms with van der Waals surface area (Å²) in [6, 6.07) is 16.3. The Morgan fingerprint density at radius 3 is 2.33 bits per heavy atom. The predicted molar refractivity (Wildman–Crippen MR) is 95.1 cm³/mol. The molecule has 2 heterocycles. The highest BCUT2D eigenvalue weighted by Crippen LogP contribution is 2.27.